The summed E-state index contributed by atoms with van der Waals surface area (Å²) in [5, 5.41) is 17.7. The van der Waals surface area contributed by atoms with Crippen molar-refractivity contribution >= 4 is 33.2 Å². The summed E-state index contributed by atoms with van der Waals surface area (Å²) in [6.45, 7) is 7.64. The summed E-state index contributed by atoms with van der Waals surface area (Å²) < 4.78 is 77.9. The van der Waals surface area contributed by atoms with Crippen LogP contribution in [0.3, 0.4) is 0 Å². The standard InChI is InChI=1S/C66H126N2O19P2.4Na/c1-7-11-15-19-22-25-26-27-28-29-30-32-34-38-42-46-57(70)67-60-64(82-49-47-54(80-6)45-41-36-18-14-10-4)62(86-88(73,74)75)56(51-79-5)85-65(60)83-52-55-61(72)63(81-48-43-39-35-24-21-17-13-9-3)59(66(84-55)87-89(76,77)78)68-58(71)50-53(69)44-40-37-33-31-23-20-16-12-8-2;;;;/h25-26,54-56,59-66,72H,7-24,27-52H2,1-6H3,(H,67,70)(H,68,71)(H2,73,74,75)(H2,76,77,78);;;;/q;4*+1/p-4/b26-25-;;;;/t54-,55-,56-,59-,60-,61-,62-,63-,64-,65-,66?;;;;/m1..../s1. The first-order chi connectivity index (χ1) is 42.9. The monoisotopic (exact) mass is 1400 g/mol. The van der Waals surface area contributed by atoms with Gasteiger partial charge in [-0.05, 0) is 57.8 Å². The van der Waals surface area contributed by atoms with Crippen LogP contribution in [0.25, 0.3) is 0 Å². The molecule has 2 aliphatic rings. The van der Waals surface area contributed by atoms with Crippen LogP contribution in [-0.2, 0) is 65.7 Å². The molecular weight excluding hydrogens is 1280 g/mol. The Bertz CT molecular complexity index is 1920. The van der Waals surface area contributed by atoms with Crippen LogP contribution in [-0.4, -0.2) is 131 Å². The summed E-state index contributed by atoms with van der Waals surface area (Å²) in [6, 6.07) is -3.00. The van der Waals surface area contributed by atoms with E-state index in [1.54, 1.807) is 7.11 Å². The smallest absolute Gasteiger partial charge is 0.790 e. The number of rotatable bonds is 59. The van der Waals surface area contributed by atoms with Crippen LogP contribution in [0.2, 0.25) is 0 Å². The molecule has 2 amide bonds. The predicted octanol–water partition coefficient (Wildman–Crippen LogP) is -0.901. The van der Waals surface area contributed by atoms with Crippen molar-refractivity contribution in [3.63, 3.8) is 0 Å². The molecule has 93 heavy (non-hydrogen) atoms. The van der Waals surface area contributed by atoms with Crippen molar-refractivity contribution in [3.8, 4) is 0 Å². The van der Waals surface area contributed by atoms with E-state index in [1.165, 1.54) is 58.5 Å². The fourth-order valence-corrected chi connectivity index (χ4v) is 12.7. The number of hydrogen-bond donors (Lipinski definition) is 3. The minimum atomic E-state index is -5.90. The number of allylic oxidation sites excluding steroid dienone is 2. The third-order valence-electron chi connectivity index (χ3n) is 16.8. The van der Waals surface area contributed by atoms with Gasteiger partial charge in [0.2, 0.25) is 11.8 Å². The van der Waals surface area contributed by atoms with E-state index in [-0.39, 0.29) is 163 Å². The van der Waals surface area contributed by atoms with Gasteiger partial charge < -0.3 is 86.6 Å². The van der Waals surface area contributed by atoms with Crippen LogP contribution >= 0.6 is 15.6 Å². The molecule has 0 aromatic rings. The summed E-state index contributed by atoms with van der Waals surface area (Å²) in [4.78, 5) is 90.9. The molecule has 21 nitrogen and oxygen atoms in total. The number of nitrogens with one attached hydrogen (secondary N) is 2. The summed E-state index contributed by atoms with van der Waals surface area (Å²) in [5.41, 5.74) is 0. The van der Waals surface area contributed by atoms with Crippen molar-refractivity contribution in [1.29, 1.82) is 0 Å². The van der Waals surface area contributed by atoms with Gasteiger partial charge in [0.25, 0.3) is 0 Å². The zero-order chi connectivity index (χ0) is 65.4. The van der Waals surface area contributed by atoms with Crippen molar-refractivity contribution in [3.05, 3.63) is 12.2 Å². The van der Waals surface area contributed by atoms with Gasteiger partial charge in [0.05, 0.1) is 41.4 Å². The van der Waals surface area contributed by atoms with E-state index in [2.05, 4.69) is 50.5 Å². The van der Waals surface area contributed by atoms with Gasteiger partial charge in [-0.3, -0.25) is 14.4 Å². The number of carbonyl (C=O) groups is 3. The number of aliphatic hydroxyl groups excluding tert-OH is 1. The van der Waals surface area contributed by atoms with Gasteiger partial charge in [-0.25, -0.2) is 0 Å². The Kier molecular flexibility index (Phi) is 68.3. The van der Waals surface area contributed by atoms with Crippen molar-refractivity contribution in [2.45, 2.75) is 352 Å². The fraction of sp³-hybridized carbons (Fsp3) is 0.924. The molecule has 2 fully saturated rings. The van der Waals surface area contributed by atoms with Gasteiger partial charge in [0, 0.05) is 40.3 Å². The molecule has 3 N–H and O–H groups in total. The van der Waals surface area contributed by atoms with E-state index in [4.69, 9.17) is 42.2 Å². The van der Waals surface area contributed by atoms with Crippen molar-refractivity contribution in [2.75, 3.05) is 40.6 Å². The number of phosphoric ester groups is 2. The number of methoxy groups -OCH3 is 2. The van der Waals surface area contributed by atoms with Crippen molar-refractivity contribution < 1.29 is 209 Å². The van der Waals surface area contributed by atoms with E-state index in [0.717, 1.165) is 161 Å². The number of amides is 2. The first-order valence-corrected chi connectivity index (χ1v) is 37.9. The molecule has 0 aromatic heterocycles. The number of ketones is 1. The number of aliphatic hydroxyl groups is 1. The predicted molar refractivity (Wildman–Crippen MR) is 338 cm³/mol. The fourth-order valence-electron chi connectivity index (χ4n) is 11.7. The molecule has 11 atom stereocenters. The van der Waals surface area contributed by atoms with Crippen LogP contribution in [0.15, 0.2) is 12.2 Å². The zero-order valence-electron chi connectivity index (χ0n) is 59.8. The third-order valence-corrected chi connectivity index (χ3v) is 17.8. The summed E-state index contributed by atoms with van der Waals surface area (Å²) in [5.74, 6) is -1.64. The molecule has 27 heteroatoms. The molecule has 0 bridgehead atoms. The molecule has 2 heterocycles. The number of Topliss-reactive ketones (excluding diaryl/α,β-unsaturated/α-hetero) is 1. The summed E-state index contributed by atoms with van der Waals surface area (Å²) in [6.07, 6.45) is 28.0. The Labute approximate surface area is 650 Å². The normalized spacial score (nSPS) is 21.9. The molecule has 2 aliphatic heterocycles. The van der Waals surface area contributed by atoms with Crippen LogP contribution in [0, 0.1) is 0 Å². The Balaban J connectivity index is -0.0000202. The molecule has 1 unspecified atom stereocenters. The number of phosphoric acid groups is 2. The Morgan fingerprint density at radius 3 is 1.41 bits per heavy atom. The summed E-state index contributed by atoms with van der Waals surface area (Å²) >= 11 is 0. The average molecular weight is 1400 g/mol. The van der Waals surface area contributed by atoms with Crippen LogP contribution < -0.4 is 148 Å². The van der Waals surface area contributed by atoms with E-state index < -0.39 is 102 Å². The van der Waals surface area contributed by atoms with Gasteiger partial charge in [0.15, 0.2) is 12.6 Å². The molecule has 0 aliphatic carbocycles. The maximum atomic E-state index is 14.1. The Hall–Kier alpha value is 2.25. The molecule has 0 aromatic carbocycles. The molecule has 0 saturated carbocycles. The van der Waals surface area contributed by atoms with Crippen molar-refractivity contribution in [2.24, 2.45) is 0 Å². The maximum Gasteiger partial charge on any atom is 1.00 e. The maximum absolute atomic E-state index is 14.1. The minimum Gasteiger partial charge on any atom is -0.790 e. The molecule has 0 radical (unpaired) electrons. The number of ether oxygens (including phenoxy) is 7. The third kappa shape index (κ3) is 50.3. The number of unbranched alkanes of at least 4 members (excludes halogenated alkanes) is 30. The Morgan fingerprint density at radius 1 is 0.473 bits per heavy atom. The number of hydrogen-bond acceptors (Lipinski definition) is 19. The van der Waals surface area contributed by atoms with Gasteiger partial charge in [-0.1, -0.05) is 220 Å². The van der Waals surface area contributed by atoms with E-state index >= 15 is 0 Å². The molecule has 0 spiro atoms. The van der Waals surface area contributed by atoms with Gasteiger partial charge in [-0.2, -0.15) is 0 Å². The zero-order valence-corrected chi connectivity index (χ0v) is 69.6. The molecule has 524 valence electrons. The average Bonchev–Trinajstić information content (AvgIpc) is 0.798. The molecule has 2 saturated heterocycles. The minimum absolute atomic E-state index is 0. The second-order valence-electron chi connectivity index (χ2n) is 24.7. The van der Waals surface area contributed by atoms with Crippen LogP contribution in [0.5, 0.6) is 0 Å². The van der Waals surface area contributed by atoms with Gasteiger partial charge in [0.1, 0.15) is 54.5 Å². The van der Waals surface area contributed by atoms with Crippen LogP contribution in [0.1, 0.15) is 285 Å². The van der Waals surface area contributed by atoms with E-state index in [1.807, 2.05) is 0 Å². The topological polar surface area (TPSA) is 305 Å². The molecule has 2 rings (SSSR count). The largest absolute Gasteiger partial charge is 1.00 e. The van der Waals surface area contributed by atoms with Gasteiger partial charge in [-0.15, -0.1) is 0 Å². The first kappa shape index (κ1) is 99.4. The van der Waals surface area contributed by atoms with E-state index in [9.17, 15) is 48.2 Å². The summed E-state index contributed by atoms with van der Waals surface area (Å²) in [7, 11) is -8.77. The van der Waals surface area contributed by atoms with Crippen molar-refractivity contribution in [1.82, 2.24) is 10.6 Å². The Morgan fingerprint density at radius 2 is 0.903 bits per heavy atom. The quantitative estimate of drug-likeness (QED) is 0.0219. The molecular formula is C66H122N2Na4O19P2. The first-order valence-electron chi connectivity index (χ1n) is 34.9. The van der Waals surface area contributed by atoms with Gasteiger partial charge >= 0.3 is 118 Å². The second kappa shape index (κ2) is 63.9. The van der Waals surface area contributed by atoms with E-state index in [0.29, 0.717) is 25.7 Å². The number of carbonyl (C=O) groups excluding carboxylic acids is 3. The second-order valence-corrected chi connectivity index (χ2v) is 27.0. The van der Waals surface area contributed by atoms with Crippen LogP contribution in [0.4, 0.5) is 0 Å². The SMILES string of the molecule is CCCCCC/C=C\CCCCCCCCCC(=O)N[C@H]1[C@H](OC[C@H]2OC(OP(=O)([O-])[O-])[C@H](NC(=O)CC(=O)CCCCCCCCCCC)[C@@H](OCCCCCCCCCC)[C@@H]2O)O[C@H](COC)[C@@H](OP(=O)([O-])[O-])[C@@H]1OCC[C@@H](CCCCCCC)OC.[Na+].[Na+].[Na+].[Na+].